The van der Waals surface area contributed by atoms with E-state index in [0.717, 1.165) is 42.7 Å². The fourth-order valence-electron chi connectivity index (χ4n) is 3.07. The summed E-state index contributed by atoms with van der Waals surface area (Å²) in [5.74, 6) is 2.82. The van der Waals surface area contributed by atoms with Crippen molar-refractivity contribution >= 4 is 17.2 Å². The molecule has 1 aliphatic heterocycles. The average Bonchev–Trinajstić information content (AvgIpc) is 3.04. The molecule has 6 heteroatoms. The van der Waals surface area contributed by atoms with Crippen molar-refractivity contribution in [3.8, 4) is 0 Å². The molecule has 0 aliphatic carbocycles. The third kappa shape index (κ3) is 4.11. The molecule has 0 amide bonds. The van der Waals surface area contributed by atoms with E-state index >= 15 is 0 Å². The Kier molecular flexibility index (Phi) is 5.46. The number of hydrogen-bond acceptors (Lipinski definition) is 6. The number of piperidine rings is 1. The van der Waals surface area contributed by atoms with E-state index in [1.165, 1.54) is 17.8 Å². The summed E-state index contributed by atoms with van der Waals surface area (Å²) in [6.07, 6.45) is 2.42. The number of aryl methyl sites for hydroxylation is 1. The van der Waals surface area contributed by atoms with E-state index in [4.69, 9.17) is 4.98 Å². The van der Waals surface area contributed by atoms with Gasteiger partial charge >= 0.3 is 0 Å². The number of nitrogens with zero attached hydrogens (tertiary/aromatic N) is 4. The number of nitrogens with one attached hydrogen (secondary N) is 1. The first-order valence-electron chi connectivity index (χ1n) is 8.74. The Morgan fingerprint density at radius 1 is 1.33 bits per heavy atom. The van der Waals surface area contributed by atoms with Crippen molar-refractivity contribution in [2.24, 2.45) is 0 Å². The van der Waals surface area contributed by atoms with Gasteiger partial charge in [-0.1, -0.05) is 13.8 Å². The number of thiazole rings is 1. The first kappa shape index (κ1) is 17.3. The zero-order chi connectivity index (χ0) is 17.1. The van der Waals surface area contributed by atoms with Gasteiger partial charge in [0, 0.05) is 36.9 Å². The van der Waals surface area contributed by atoms with E-state index in [2.05, 4.69) is 52.5 Å². The molecule has 1 N–H and O–H groups in total. The quantitative estimate of drug-likeness (QED) is 0.899. The molecule has 0 saturated carbocycles. The topological polar surface area (TPSA) is 53.9 Å². The Hall–Kier alpha value is -1.53. The highest BCUT2D eigenvalue weighted by Gasteiger charge is 2.19. The molecule has 0 radical (unpaired) electrons. The van der Waals surface area contributed by atoms with Gasteiger partial charge in [-0.2, -0.15) is 0 Å². The van der Waals surface area contributed by atoms with Gasteiger partial charge in [0.25, 0.3) is 0 Å². The summed E-state index contributed by atoms with van der Waals surface area (Å²) in [5.41, 5.74) is 2.28. The van der Waals surface area contributed by atoms with Crippen molar-refractivity contribution in [2.75, 3.05) is 25.0 Å². The molecular formula is C18H27N5S. The Balaban J connectivity index is 1.75. The van der Waals surface area contributed by atoms with Gasteiger partial charge in [0.1, 0.15) is 11.6 Å². The van der Waals surface area contributed by atoms with Crippen molar-refractivity contribution in [3.05, 3.63) is 33.7 Å². The van der Waals surface area contributed by atoms with Crippen LogP contribution in [0.2, 0.25) is 0 Å². The lowest BCUT2D eigenvalue weighted by Gasteiger charge is -2.24. The van der Waals surface area contributed by atoms with E-state index < -0.39 is 0 Å². The van der Waals surface area contributed by atoms with Crippen LogP contribution in [0.5, 0.6) is 0 Å². The minimum atomic E-state index is 0.487. The van der Waals surface area contributed by atoms with Crippen LogP contribution in [0.1, 0.15) is 60.7 Å². The summed E-state index contributed by atoms with van der Waals surface area (Å²) < 4.78 is 0. The third-order valence-corrected chi connectivity index (χ3v) is 5.61. The average molecular weight is 346 g/mol. The first-order chi connectivity index (χ1) is 11.5. The van der Waals surface area contributed by atoms with Crippen LogP contribution in [0.3, 0.4) is 0 Å². The molecular weight excluding hydrogens is 318 g/mol. The fourth-order valence-corrected chi connectivity index (χ4v) is 3.89. The number of aromatic nitrogens is 3. The van der Waals surface area contributed by atoms with E-state index in [1.54, 1.807) is 11.3 Å². The van der Waals surface area contributed by atoms with Crippen LogP contribution in [-0.4, -0.2) is 35.1 Å². The molecule has 0 spiro atoms. The predicted molar refractivity (Wildman–Crippen MR) is 99.9 cm³/mol. The molecule has 1 aliphatic rings. The van der Waals surface area contributed by atoms with Crippen molar-refractivity contribution in [1.29, 1.82) is 0 Å². The van der Waals surface area contributed by atoms with Gasteiger partial charge in [-0.25, -0.2) is 15.0 Å². The second-order valence-corrected chi connectivity index (χ2v) is 7.82. The second-order valence-electron chi connectivity index (χ2n) is 6.93. The molecule has 1 saturated heterocycles. The van der Waals surface area contributed by atoms with Gasteiger partial charge in [-0.15, -0.1) is 11.3 Å². The molecule has 0 bridgehead atoms. The maximum Gasteiger partial charge on any atom is 0.132 e. The molecule has 24 heavy (non-hydrogen) atoms. The van der Waals surface area contributed by atoms with Crippen molar-refractivity contribution < 1.29 is 0 Å². The summed E-state index contributed by atoms with van der Waals surface area (Å²) in [6.45, 7) is 9.27. The summed E-state index contributed by atoms with van der Waals surface area (Å²) in [7, 11) is 2.08. The van der Waals surface area contributed by atoms with Crippen molar-refractivity contribution in [1.82, 2.24) is 20.3 Å². The van der Waals surface area contributed by atoms with Crippen LogP contribution >= 0.6 is 11.3 Å². The normalized spacial score (nSPS) is 18.1. The molecule has 2 aromatic rings. The van der Waals surface area contributed by atoms with Crippen LogP contribution in [0.4, 0.5) is 5.82 Å². The lowest BCUT2D eigenvalue weighted by molar-refractivity contribution is 0.453. The van der Waals surface area contributed by atoms with Gasteiger partial charge in [0.2, 0.25) is 0 Å². The fraction of sp³-hybridized carbons (Fsp3) is 0.611. The molecule has 130 valence electrons. The minimum absolute atomic E-state index is 0.487. The SMILES string of the molecule is Cc1nc([C@@H]2CCCNC2)cc(N(C)Cc2csc(C(C)C)n2)n1. The van der Waals surface area contributed by atoms with Gasteiger partial charge in [0.05, 0.1) is 22.9 Å². The lowest BCUT2D eigenvalue weighted by Crippen LogP contribution is -2.29. The molecule has 1 atom stereocenters. The van der Waals surface area contributed by atoms with Gasteiger partial charge in [-0.05, 0) is 26.3 Å². The van der Waals surface area contributed by atoms with Gasteiger partial charge in [-0.3, -0.25) is 0 Å². The predicted octanol–water partition coefficient (Wildman–Crippen LogP) is 3.47. The molecule has 0 aromatic carbocycles. The van der Waals surface area contributed by atoms with E-state index in [1.807, 2.05) is 6.92 Å². The molecule has 1 fully saturated rings. The Morgan fingerprint density at radius 3 is 2.83 bits per heavy atom. The highest BCUT2D eigenvalue weighted by Crippen LogP contribution is 2.25. The van der Waals surface area contributed by atoms with E-state index in [-0.39, 0.29) is 0 Å². The Morgan fingerprint density at radius 2 is 2.17 bits per heavy atom. The lowest BCUT2D eigenvalue weighted by atomic mass is 9.96. The third-order valence-electron chi connectivity index (χ3n) is 4.41. The van der Waals surface area contributed by atoms with Crippen LogP contribution in [0.25, 0.3) is 0 Å². The summed E-state index contributed by atoms with van der Waals surface area (Å²) >= 11 is 1.75. The van der Waals surface area contributed by atoms with Gasteiger partial charge in [0.15, 0.2) is 0 Å². The van der Waals surface area contributed by atoms with E-state index in [0.29, 0.717) is 11.8 Å². The minimum Gasteiger partial charge on any atom is -0.354 e. The molecule has 3 rings (SSSR count). The van der Waals surface area contributed by atoms with Crippen LogP contribution < -0.4 is 10.2 Å². The number of rotatable bonds is 5. The monoisotopic (exact) mass is 345 g/mol. The zero-order valence-electron chi connectivity index (χ0n) is 15.0. The van der Waals surface area contributed by atoms with Crippen molar-refractivity contribution in [3.63, 3.8) is 0 Å². The number of anilines is 1. The highest BCUT2D eigenvalue weighted by atomic mass is 32.1. The standard InChI is InChI=1S/C18H27N5S/c1-12(2)18-22-15(11-24-18)10-23(4)17-8-16(20-13(3)21-17)14-6-5-7-19-9-14/h8,11-12,14,19H,5-7,9-10H2,1-4H3/t14-/m1/s1. The summed E-state index contributed by atoms with van der Waals surface area (Å²) in [4.78, 5) is 16.2. The maximum absolute atomic E-state index is 4.73. The molecule has 2 aromatic heterocycles. The van der Waals surface area contributed by atoms with Crippen molar-refractivity contribution in [2.45, 2.75) is 52.0 Å². The maximum atomic E-state index is 4.73. The largest absolute Gasteiger partial charge is 0.354 e. The molecule has 3 heterocycles. The molecule has 5 nitrogen and oxygen atoms in total. The van der Waals surface area contributed by atoms with Gasteiger partial charge < -0.3 is 10.2 Å². The van der Waals surface area contributed by atoms with Crippen LogP contribution in [0.15, 0.2) is 11.4 Å². The highest BCUT2D eigenvalue weighted by molar-refractivity contribution is 7.09. The summed E-state index contributed by atoms with van der Waals surface area (Å²) in [5, 5.41) is 6.83. The van der Waals surface area contributed by atoms with Crippen LogP contribution in [0, 0.1) is 6.92 Å². The Labute approximate surface area is 148 Å². The second kappa shape index (κ2) is 7.57. The van der Waals surface area contributed by atoms with Crippen LogP contribution in [-0.2, 0) is 6.54 Å². The Bertz CT molecular complexity index is 676. The first-order valence-corrected chi connectivity index (χ1v) is 9.62. The molecule has 0 unspecified atom stereocenters. The van der Waals surface area contributed by atoms with E-state index in [9.17, 15) is 0 Å². The smallest absolute Gasteiger partial charge is 0.132 e. The zero-order valence-corrected chi connectivity index (χ0v) is 15.9. The summed E-state index contributed by atoms with van der Waals surface area (Å²) in [6, 6.07) is 2.15. The number of hydrogen-bond donors (Lipinski definition) is 1.